The number of anilines is 2. The lowest BCUT2D eigenvalue weighted by atomic mass is 9.90. The van der Waals surface area contributed by atoms with Crippen LogP contribution in [0.1, 0.15) is 41.0 Å². The predicted octanol–water partition coefficient (Wildman–Crippen LogP) is 2.66. The van der Waals surface area contributed by atoms with E-state index < -0.39 is 0 Å². The molecule has 4 N–H and O–H groups in total. The molecule has 5 nitrogen and oxygen atoms in total. The maximum Gasteiger partial charge on any atom is 0.239 e. The first kappa shape index (κ1) is 16.6. The third kappa shape index (κ3) is 5.65. The van der Waals surface area contributed by atoms with Crippen LogP contribution in [0.25, 0.3) is 0 Å². The molecule has 0 amide bonds. The Balaban J connectivity index is 2.75. The zero-order valence-electron chi connectivity index (χ0n) is 13.2. The van der Waals surface area contributed by atoms with Crippen molar-refractivity contribution in [3.8, 4) is 5.88 Å². The Bertz CT molecular complexity index is 439. The summed E-state index contributed by atoms with van der Waals surface area (Å²) in [5.74, 6) is 1.17. The molecule has 1 aromatic rings. The van der Waals surface area contributed by atoms with Gasteiger partial charge in [0.15, 0.2) is 0 Å². The van der Waals surface area contributed by atoms with Gasteiger partial charge in [0.1, 0.15) is 11.4 Å². The monoisotopic (exact) mass is 281 g/mol. The molecule has 0 spiro atoms. The van der Waals surface area contributed by atoms with Crippen LogP contribution in [0.4, 0.5) is 11.5 Å². The molecule has 0 atom stereocenters. The Labute approximate surface area is 121 Å². The van der Waals surface area contributed by atoms with Crippen LogP contribution in [0.15, 0.2) is 12.1 Å². The molecule has 0 saturated heterocycles. The maximum atomic E-state index is 9.03. The summed E-state index contributed by atoms with van der Waals surface area (Å²) in [6, 6.07) is 3.62. The number of hydrogen-bond acceptors (Lipinski definition) is 5. The minimum Gasteiger partial charge on any atom is -0.470 e. The van der Waals surface area contributed by atoms with Crippen molar-refractivity contribution in [2.24, 2.45) is 5.41 Å². The molecule has 0 bridgehead atoms. The molecule has 0 aliphatic heterocycles. The van der Waals surface area contributed by atoms with Crippen LogP contribution in [0.2, 0.25) is 0 Å². The van der Waals surface area contributed by atoms with Crippen LogP contribution in [-0.4, -0.2) is 28.8 Å². The van der Waals surface area contributed by atoms with E-state index in [1.54, 1.807) is 6.07 Å². The molecule has 20 heavy (non-hydrogen) atoms. The number of ether oxygens (including phenoxy) is 1. The lowest BCUT2D eigenvalue weighted by Crippen LogP contribution is -2.26. The van der Waals surface area contributed by atoms with Gasteiger partial charge in [-0.1, -0.05) is 13.8 Å². The fraction of sp³-hybridized carbons (Fsp3) is 0.667. The van der Waals surface area contributed by atoms with Gasteiger partial charge in [0.2, 0.25) is 5.88 Å². The average Bonchev–Trinajstić information content (AvgIpc) is 2.28. The SMILES string of the molecule is CC(C)(CCO)CNc1ccc(N)c(OC(C)(C)C)n1. The Morgan fingerprint density at radius 1 is 1.25 bits per heavy atom. The van der Waals surface area contributed by atoms with E-state index in [0.717, 1.165) is 18.8 Å². The van der Waals surface area contributed by atoms with Gasteiger partial charge in [0.25, 0.3) is 0 Å². The van der Waals surface area contributed by atoms with Crippen molar-refractivity contribution < 1.29 is 9.84 Å². The van der Waals surface area contributed by atoms with Crippen molar-refractivity contribution in [3.05, 3.63) is 12.1 Å². The molecule has 1 heterocycles. The van der Waals surface area contributed by atoms with Crippen molar-refractivity contribution in [2.45, 2.75) is 46.6 Å². The summed E-state index contributed by atoms with van der Waals surface area (Å²) in [6.45, 7) is 11.0. The number of aliphatic hydroxyl groups is 1. The Morgan fingerprint density at radius 3 is 2.45 bits per heavy atom. The van der Waals surface area contributed by atoms with Gasteiger partial charge in [-0.15, -0.1) is 0 Å². The lowest BCUT2D eigenvalue weighted by molar-refractivity contribution is 0.125. The second-order valence-corrected chi connectivity index (χ2v) is 6.80. The first-order chi connectivity index (χ1) is 9.13. The molecular formula is C15H27N3O2. The number of nitrogens with zero attached hydrogens (tertiary/aromatic N) is 1. The van der Waals surface area contributed by atoms with Gasteiger partial charge in [0, 0.05) is 13.2 Å². The molecule has 1 aromatic heterocycles. The summed E-state index contributed by atoms with van der Waals surface area (Å²) in [7, 11) is 0. The molecule has 0 fully saturated rings. The zero-order valence-corrected chi connectivity index (χ0v) is 13.2. The van der Waals surface area contributed by atoms with E-state index in [1.165, 1.54) is 0 Å². The lowest BCUT2D eigenvalue weighted by Gasteiger charge is -2.25. The van der Waals surface area contributed by atoms with E-state index in [0.29, 0.717) is 11.6 Å². The standard InChI is InChI=1S/C15H27N3O2/c1-14(2,3)20-13-11(16)6-7-12(18-13)17-10-15(4,5)8-9-19/h6-7,19H,8-10,16H2,1-5H3,(H,17,18). The van der Waals surface area contributed by atoms with Crippen LogP contribution in [-0.2, 0) is 0 Å². The predicted molar refractivity (Wildman–Crippen MR) is 83.0 cm³/mol. The smallest absolute Gasteiger partial charge is 0.239 e. The molecule has 0 aromatic carbocycles. The number of nitrogens with two attached hydrogens (primary N) is 1. The summed E-state index contributed by atoms with van der Waals surface area (Å²) in [5.41, 5.74) is 6.07. The summed E-state index contributed by atoms with van der Waals surface area (Å²) in [6.07, 6.45) is 0.736. The van der Waals surface area contributed by atoms with Gasteiger partial charge >= 0.3 is 0 Å². The largest absolute Gasteiger partial charge is 0.470 e. The van der Waals surface area contributed by atoms with E-state index in [4.69, 9.17) is 15.6 Å². The highest BCUT2D eigenvalue weighted by Crippen LogP contribution is 2.26. The maximum absolute atomic E-state index is 9.03. The molecule has 0 aliphatic carbocycles. The van der Waals surface area contributed by atoms with Gasteiger partial charge in [-0.05, 0) is 44.7 Å². The summed E-state index contributed by atoms with van der Waals surface area (Å²) >= 11 is 0. The number of aliphatic hydroxyl groups excluding tert-OH is 1. The molecular weight excluding hydrogens is 254 g/mol. The number of nitrogen functional groups attached to an aromatic ring is 1. The van der Waals surface area contributed by atoms with Crippen LogP contribution in [0.5, 0.6) is 5.88 Å². The van der Waals surface area contributed by atoms with Crippen molar-refractivity contribution in [3.63, 3.8) is 0 Å². The van der Waals surface area contributed by atoms with Crippen molar-refractivity contribution in [1.82, 2.24) is 4.98 Å². The quantitative estimate of drug-likeness (QED) is 0.747. The number of rotatable bonds is 6. The fourth-order valence-electron chi connectivity index (χ4n) is 1.64. The highest BCUT2D eigenvalue weighted by molar-refractivity contribution is 5.53. The third-order valence-electron chi connectivity index (χ3n) is 2.83. The molecule has 1 rings (SSSR count). The first-order valence-electron chi connectivity index (χ1n) is 6.93. The molecule has 0 unspecified atom stereocenters. The van der Waals surface area contributed by atoms with Crippen LogP contribution < -0.4 is 15.8 Å². The zero-order chi connectivity index (χ0) is 15.4. The van der Waals surface area contributed by atoms with Gasteiger partial charge < -0.3 is 20.9 Å². The highest BCUT2D eigenvalue weighted by Gasteiger charge is 2.18. The minimum atomic E-state index is -0.337. The first-order valence-corrected chi connectivity index (χ1v) is 6.93. The Hall–Kier alpha value is -1.49. The second kappa shape index (κ2) is 6.31. The Morgan fingerprint density at radius 2 is 1.90 bits per heavy atom. The second-order valence-electron chi connectivity index (χ2n) is 6.80. The molecule has 0 radical (unpaired) electrons. The number of pyridine rings is 1. The average molecular weight is 281 g/mol. The van der Waals surface area contributed by atoms with E-state index in [9.17, 15) is 0 Å². The van der Waals surface area contributed by atoms with Crippen molar-refractivity contribution in [2.75, 3.05) is 24.2 Å². The van der Waals surface area contributed by atoms with Gasteiger partial charge in [0.05, 0.1) is 5.69 Å². The minimum absolute atomic E-state index is 0.00284. The third-order valence-corrected chi connectivity index (χ3v) is 2.83. The molecule has 0 saturated carbocycles. The summed E-state index contributed by atoms with van der Waals surface area (Å²) in [4.78, 5) is 4.40. The van der Waals surface area contributed by atoms with Crippen molar-refractivity contribution >= 4 is 11.5 Å². The van der Waals surface area contributed by atoms with Gasteiger partial charge in [-0.3, -0.25) is 0 Å². The number of nitrogens with one attached hydrogen (secondary N) is 1. The topological polar surface area (TPSA) is 80.4 Å². The van der Waals surface area contributed by atoms with Gasteiger partial charge in [-0.2, -0.15) is 4.98 Å². The normalized spacial score (nSPS) is 12.3. The van der Waals surface area contributed by atoms with E-state index in [2.05, 4.69) is 24.1 Å². The summed E-state index contributed by atoms with van der Waals surface area (Å²) in [5, 5.41) is 12.3. The fourth-order valence-corrected chi connectivity index (χ4v) is 1.64. The van der Waals surface area contributed by atoms with E-state index in [1.807, 2.05) is 26.8 Å². The summed E-state index contributed by atoms with van der Waals surface area (Å²) < 4.78 is 5.74. The van der Waals surface area contributed by atoms with Crippen LogP contribution in [0.3, 0.4) is 0 Å². The molecule has 114 valence electrons. The highest BCUT2D eigenvalue weighted by atomic mass is 16.5. The Kier molecular flexibility index (Phi) is 5.22. The molecule has 0 aliphatic rings. The van der Waals surface area contributed by atoms with Gasteiger partial charge in [-0.25, -0.2) is 0 Å². The van der Waals surface area contributed by atoms with Crippen LogP contribution in [0, 0.1) is 5.41 Å². The van der Waals surface area contributed by atoms with Crippen molar-refractivity contribution in [1.29, 1.82) is 0 Å². The van der Waals surface area contributed by atoms with Crippen LogP contribution >= 0.6 is 0 Å². The number of aromatic nitrogens is 1. The molecule has 5 heteroatoms. The number of hydrogen-bond donors (Lipinski definition) is 3. The van der Waals surface area contributed by atoms with E-state index >= 15 is 0 Å². The van der Waals surface area contributed by atoms with E-state index in [-0.39, 0.29) is 17.6 Å².